The molecule has 8 rings (SSSR count). The fourth-order valence-electron chi connectivity index (χ4n) is 8.34. The maximum absolute atomic E-state index is 2.47. The van der Waals surface area contributed by atoms with Crippen molar-refractivity contribution in [3.63, 3.8) is 0 Å². The first kappa shape index (κ1) is 35.6. The van der Waals surface area contributed by atoms with Crippen LogP contribution in [0.1, 0.15) is 67.0 Å². The monoisotopic (exact) mass is 712 g/mol. The summed E-state index contributed by atoms with van der Waals surface area (Å²) in [4.78, 5) is 4.79. The largest absolute Gasteiger partial charge is 0.310 e. The van der Waals surface area contributed by atoms with Gasteiger partial charge in [0, 0.05) is 39.5 Å². The minimum Gasteiger partial charge on any atom is -0.310 e. The Morgan fingerprint density at radius 3 is 1.18 bits per heavy atom. The van der Waals surface area contributed by atoms with Crippen LogP contribution in [0.4, 0.5) is 34.1 Å². The SMILES string of the molecule is CC=Cc1ccc(N(c2ccccc2)c2ccc3c(c2)C(CC)(CC)c2cc(N(c4ccccc4)c4ccc(C=Cc5ccc(C)cc5)cc4)ccc2-3)cc1. The summed E-state index contributed by atoms with van der Waals surface area (Å²) >= 11 is 0. The van der Waals surface area contributed by atoms with Gasteiger partial charge in [-0.2, -0.15) is 0 Å². The lowest BCUT2D eigenvalue weighted by Gasteiger charge is -2.33. The second-order valence-electron chi connectivity index (χ2n) is 14.5. The third-order valence-corrected chi connectivity index (χ3v) is 11.3. The lowest BCUT2D eigenvalue weighted by molar-refractivity contribution is 0.490. The molecule has 0 saturated heterocycles. The molecule has 7 aromatic rings. The van der Waals surface area contributed by atoms with Crippen molar-refractivity contribution >= 4 is 52.4 Å². The molecule has 1 aliphatic rings. The van der Waals surface area contributed by atoms with Gasteiger partial charge in [-0.3, -0.25) is 0 Å². The molecule has 0 spiro atoms. The third kappa shape index (κ3) is 6.93. The van der Waals surface area contributed by atoms with Gasteiger partial charge in [-0.25, -0.2) is 0 Å². The normalized spacial score (nSPS) is 12.9. The molecule has 0 atom stereocenters. The number of para-hydroxylation sites is 2. The average Bonchev–Trinajstić information content (AvgIpc) is 3.51. The maximum atomic E-state index is 2.47. The lowest BCUT2D eigenvalue weighted by atomic mass is 9.73. The predicted octanol–water partition coefficient (Wildman–Crippen LogP) is 15.2. The van der Waals surface area contributed by atoms with Crippen LogP contribution in [0.5, 0.6) is 0 Å². The van der Waals surface area contributed by atoms with Gasteiger partial charge >= 0.3 is 0 Å². The molecule has 0 N–H and O–H groups in total. The van der Waals surface area contributed by atoms with Crippen molar-refractivity contribution in [2.45, 2.75) is 46.0 Å². The zero-order chi connectivity index (χ0) is 37.8. The highest BCUT2D eigenvalue weighted by Gasteiger charge is 2.41. The molecular formula is C53H48N2. The first-order chi connectivity index (χ1) is 27.0. The van der Waals surface area contributed by atoms with Crippen molar-refractivity contribution in [3.05, 3.63) is 209 Å². The Balaban J connectivity index is 1.19. The number of hydrogen-bond acceptors (Lipinski definition) is 2. The van der Waals surface area contributed by atoms with Crippen LogP contribution in [-0.4, -0.2) is 0 Å². The molecule has 0 unspecified atom stereocenters. The topological polar surface area (TPSA) is 6.48 Å². The van der Waals surface area contributed by atoms with Crippen LogP contribution >= 0.6 is 0 Å². The van der Waals surface area contributed by atoms with Crippen LogP contribution in [0.2, 0.25) is 0 Å². The Morgan fingerprint density at radius 1 is 0.418 bits per heavy atom. The molecule has 0 radical (unpaired) electrons. The van der Waals surface area contributed by atoms with E-state index in [-0.39, 0.29) is 5.41 Å². The highest BCUT2D eigenvalue weighted by Crippen LogP contribution is 2.55. The first-order valence-electron chi connectivity index (χ1n) is 19.6. The second-order valence-corrected chi connectivity index (χ2v) is 14.5. The van der Waals surface area contributed by atoms with E-state index in [4.69, 9.17) is 0 Å². The van der Waals surface area contributed by atoms with Gasteiger partial charge in [-0.05, 0) is 138 Å². The number of aryl methyl sites for hydroxylation is 1. The molecule has 0 amide bonds. The number of anilines is 6. The standard InChI is InChI=1S/C53H48N2/c1-5-14-40-25-29-45(30-26-40)54(43-15-10-8-11-16-43)47-33-35-49-50-36-34-48(38-52(50)53(6-2,7-3)51(49)37-47)55(44-17-12-9-13-18-44)46-31-27-42(28-32-46)24-23-41-21-19-39(4)20-22-41/h5,8-38H,6-7H2,1-4H3. The molecule has 2 heteroatoms. The average molecular weight is 713 g/mol. The van der Waals surface area contributed by atoms with Gasteiger partial charge in [0.1, 0.15) is 0 Å². The Labute approximate surface area is 327 Å². The van der Waals surface area contributed by atoms with Gasteiger partial charge in [0.05, 0.1) is 0 Å². The molecule has 0 aliphatic heterocycles. The summed E-state index contributed by atoms with van der Waals surface area (Å²) in [7, 11) is 0. The Bertz CT molecular complexity index is 2440. The van der Waals surface area contributed by atoms with Crippen LogP contribution in [0, 0.1) is 6.92 Å². The van der Waals surface area contributed by atoms with Crippen molar-refractivity contribution in [1.29, 1.82) is 0 Å². The fourth-order valence-corrected chi connectivity index (χ4v) is 8.34. The molecule has 1 aliphatic carbocycles. The van der Waals surface area contributed by atoms with Crippen LogP contribution in [0.15, 0.2) is 176 Å². The van der Waals surface area contributed by atoms with E-state index in [0.717, 1.165) is 35.6 Å². The maximum Gasteiger partial charge on any atom is 0.0465 e. The van der Waals surface area contributed by atoms with Crippen molar-refractivity contribution in [2.24, 2.45) is 0 Å². The van der Waals surface area contributed by atoms with Crippen LogP contribution in [0.3, 0.4) is 0 Å². The van der Waals surface area contributed by atoms with E-state index in [2.05, 4.69) is 232 Å². The number of hydrogen-bond donors (Lipinski definition) is 0. The number of nitrogens with zero attached hydrogens (tertiary/aromatic N) is 2. The molecule has 0 aromatic heterocycles. The van der Waals surface area contributed by atoms with E-state index in [1.54, 1.807) is 0 Å². The number of benzene rings is 7. The van der Waals surface area contributed by atoms with E-state index in [1.165, 1.54) is 55.9 Å². The van der Waals surface area contributed by atoms with Gasteiger partial charge < -0.3 is 9.80 Å². The van der Waals surface area contributed by atoms with E-state index >= 15 is 0 Å². The van der Waals surface area contributed by atoms with E-state index < -0.39 is 0 Å². The molecule has 0 saturated carbocycles. The Kier molecular flexibility index (Phi) is 10.1. The molecule has 2 nitrogen and oxygen atoms in total. The summed E-state index contributed by atoms with van der Waals surface area (Å²) in [6.07, 6.45) is 10.6. The highest BCUT2D eigenvalue weighted by molar-refractivity contribution is 5.89. The van der Waals surface area contributed by atoms with Crippen molar-refractivity contribution in [1.82, 2.24) is 0 Å². The molecule has 0 heterocycles. The molecule has 270 valence electrons. The molecule has 0 fully saturated rings. The van der Waals surface area contributed by atoms with Crippen LogP contribution in [-0.2, 0) is 5.41 Å². The number of fused-ring (bicyclic) bond motifs is 3. The summed E-state index contributed by atoms with van der Waals surface area (Å²) in [5.41, 5.74) is 17.1. The first-order valence-corrected chi connectivity index (χ1v) is 19.6. The van der Waals surface area contributed by atoms with Crippen LogP contribution < -0.4 is 9.80 Å². The van der Waals surface area contributed by atoms with Gasteiger partial charge in [-0.1, -0.05) is 141 Å². The van der Waals surface area contributed by atoms with E-state index in [9.17, 15) is 0 Å². The predicted molar refractivity (Wildman–Crippen MR) is 237 cm³/mol. The number of allylic oxidation sites excluding steroid dienone is 1. The highest BCUT2D eigenvalue weighted by atomic mass is 15.1. The summed E-state index contributed by atoms with van der Waals surface area (Å²) in [5.74, 6) is 0. The van der Waals surface area contributed by atoms with E-state index in [0.29, 0.717) is 0 Å². The van der Waals surface area contributed by atoms with Crippen LogP contribution in [0.25, 0.3) is 29.4 Å². The summed E-state index contributed by atoms with van der Waals surface area (Å²) in [6.45, 7) is 8.90. The van der Waals surface area contributed by atoms with Gasteiger partial charge in [0.25, 0.3) is 0 Å². The van der Waals surface area contributed by atoms with Crippen molar-refractivity contribution < 1.29 is 0 Å². The molecule has 0 bridgehead atoms. The summed E-state index contributed by atoms with van der Waals surface area (Å²) in [6, 6.07) is 62.2. The van der Waals surface area contributed by atoms with Gasteiger partial charge in [0.2, 0.25) is 0 Å². The molecule has 55 heavy (non-hydrogen) atoms. The van der Waals surface area contributed by atoms with Crippen molar-refractivity contribution in [2.75, 3.05) is 9.80 Å². The minimum absolute atomic E-state index is 0.123. The summed E-state index contributed by atoms with van der Waals surface area (Å²) in [5, 5.41) is 0. The lowest BCUT2D eigenvalue weighted by Crippen LogP contribution is -2.24. The minimum atomic E-state index is -0.123. The quantitative estimate of drug-likeness (QED) is 0.123. The molecular weight excluding hydrogens is 665 g/mol. The second kappa shape index (κ2) is 15.5. The zero-order valence-corrected chi connectivity index (χ0v) is 32.3. The van der Waals surface area contributed by atoms with E-state index in [1.807, 2.05) is 0 Å². The molecule has 7 aromatic carbocycles. The number of rotatable bonds is 11. The van der Waals surface area contributed by atoms with Gasteiger partial charge in [0.15, 0.2) is 0 Å². The Hall–Kier alpha value is -6.38. The van der Waals surface area contributed by atoms with Gasteiger partial charge in [-0.15, -0.1) is 0 Å². The van der Waals surface area contributed by atoms with Crippen molar-refractivity contribution in [3.8, 4) is 11.1 Å². The Morgan fingerprint density at radius 2 is 0.782 bits per heavy atom. The zero-order valence-electron chi connectivity index (χ0n) is 32.3. The third-order valence-electron chi connectivity index (χ3n) is 11.3. The smallest absolute Gasteiger partial charge is 0.0465 e. The summed E-state index contributed by atoms with van der Waals surface area (Å²) < 4.78 is 0. The fraction of sp³-hybridized carbons (Fsp3) is 0.132.